The van der Waals surface area contributed by atoms with Crippen molar-refractivity contribution in [2.24, 2.45) is 5.16 Å². The van der Waals surface area contributed by atoms with Crippen LogP contribution < -0.4 is 20.7 Å². The molecular formula is C19H20N6O6S3. The number of rotatable bonds is 8. The van der Waals surface area contributed by atoms with Crippen molar-refractivity contribution in [3.63, 3.8) is 0 Å². The number of aliphatic hydroxyl groups is 1. The van der Waals surface area contributed by atoms with Crippen LogP contribution in [0.5, 0.6) is 0 Å². The van der Waals surface area contributed by atoms with E-state index in [0.29, 0.717) is 17.7 Å². The molecule has 0 spiro atoms. The highest BCUT2D eigenvalue weighted by Crippen LogP contribution is 2.40. The number of nitrogens with two attached hydrogens (primary N) is 1. The first kappa shape index (κ1) is 24.1. The van der Waals surface area contributed by atoms with E-state index in [9.17, 15) is 29.8 Å². The molecule has 1 saturated heterocycles. The number of oxime groups is 1. The molecule has 180 valence electrons. The zero-order chi connectivity index (χ0) is 24.6. The summed E-state index contributed by atoms with van der Waals surface area (Å²) in [5.41, 5.74) is 8.27. The van der Waals surface area contributed by atoms with E-state index in [-0.39, 0.29) is 29.7 Å². The van der Waals surface area contributed by atoms with E-state index in [2.05, 4.69) is 15.5 Å². The van der Waals surface area contributed by atoms with E-state index in [1.54, 1.807) is 0 Å². The number of aliphatic hydroxyl groups excluding tert-OH is 1. The first-order valence-electron chi connectivity index (χ1n) is 9.96. The Morgan fingerprint density at radius 2 is 2.21 bits per heavy atom. The fourth-order valence-electron chi connectivity index (χ4n) is 3.77. The third-order valence-corrected chi connectivity index (χ3v) is 8.62. The molecule has 5 N–H and O–H groups in total. The number of hydrogen-bond acceptors (Lipinski definition) is 12. The lowest BCUT2D eigenvalue weighted by atomic mass is 10.0. The molecule has 2 amide bonds. The Labute approximate surface area is 205 Å². The number of thioether (sulfide) groups is 1. The van der Waals surface area contributed by atoms with E-state index in [1.807, 2.05) is 17.0 Å². The Kier molecular flexibility index (Phi) is 6.88. The van der Waals surface area contributed by atoms with E-state index in [1.165, 1.54) is 28.5 Å². The van der Waals surface area contributed by atoms with E-state index in [0.717, 1.165) is 26.8 Å². The van der Waals surface area contributed by atoms with Crippen LogP contribution in [-0.4, -0.2) is 67.5 Å². The number of carboxylic acid groups (broad SMARTS) is 1. The van der Waals surface area contributed by atoms with Gasteiger partial charge in [0.25, 0.3) is 11.8 Å². The molecule has 2 aliphatic heterocycles. The Morgan fingerprint density at radius 1 is 1.44 bits per heavy atom. The Morgan fingerprint density at radius 3 is 2.82 bits per heavy atom. The van der Waals surface area contributed by atoms with Gasteiger partial charge >= 0.3 is 0 Å². The van der Waals surface area contributed by atoms with Crippen molar-refractivity contribution in [1.29, 1.82) is 0 Å². The number of carbonyl (C=O) groups is 3. The molecule has 15 heteroatoms. The summed E-state index contributed by atoms with van der Waals surface area (Å²) >= 11 is 3.83. The molecule has 0 saturated carbocycles. The molecule has 1 fully saturated rings. The van der Waals surface area contributed by atoms with E-state index in [4.69, 9.17) is 5.73 Å². The summed E-state index contributed by atoms with van der Waals surface area (Å²) in [4.78, 5) is 43.5. The number of carboxylic acids is 1. The van der Waals surface area contributed by atoms with Crippen molar-refractivity contribution in [2.45, 2.75) is 31.3 Å². The van der Waals surface area contributed by atoms with Crippen LogP contribution in [0, 0.1) is 6.92 Å². The van der Waals surface area contributed by atoms with Crippen LogP contribution in [0.4, 0.5) is 5.13 Å². The maximum atomic E-state index is 12.9. The molecule has 0 aliphatic carbocycles. The lowest BCUT2D eigenvalue weighted by Gasteiger charge is -2.50. The molecule has 2 atom stereocenters. The van der Waals surface area contributed by atoms with Crippen LogP contribution in [0.15, 0.2) is 27.3 Å². The predicted molar refractivity (Wildman–Crippen MR) is 122 cm³/mol. The van der Waals surface area contributed by atoms with Crippen LogP contribution in [0.3, 0.4) is 0 Å². The minimum absolute atomic E-state index is 0.0137. The molecule has 2 aromatic heterocycles. The number of nitrogens with zero attached hydrogens (tertiary/aromatic N) is 4. The molecule has 2 aromatic rings. The minimum atomic E-state index is -1.47. The summed E-state index contributed by atoms with van der Waals surface area (Å²) in [6.45, 7) is 2.15. The van der Waals surface area contributed by atoms with Gasteiger partial charge in [0.05, 0.1) is 16.5 Å². The van der Waals surface area contributed by atoms with Gasteiger partial charge in [0, 0.05) is 36.7 Å². The highest BCUT2D eigenvalue weighted by Gasteiger charge is 2.53. The molecule has 34 heavy (non-hydrogen) atoms. The van der Waals surface area contributed by atoms with Gasteiger partial charge in [0.2, 0.25) is 5.51 Å². The number of nitrogen functional groups attached to an aromatic ring is 1. The maximum Gasteiger partial charge on any atom is 0.276 e. The number of anilines is 1. The summed E-state index contributed by atoms with van der Waals surface area (Å²) < 4.78 is 1.88. The average Bonchev–Trinajstić information content (AvgIpc) is 3.38. The number of fused-ring (bicyclic) bond motifs is 1. The first-order chi connectivity index (χ1) is 16.3. The number of amides is 2. The molecule has 0 radical (unpaired) electrons. The summed E-state index contributed by atoms with van der Waals surface area (Å²) in [6, 6.07) is -1.01. The Hall–Kier alpha value is -3.01. The second-order valence-electron chi connectivity index (χ2n) is 7.45. The second kappa shape index (κ2) is 9.69. The van der Waals surface area contributed by atoms with Gasteiger partial charge < -0.3 is 31.3 Å². The van der Waals surface area contributed by atoms with Crippen molar-refractivity contribution in [3.8, 4) is 0 Å². The zero-order valence-electron chi connectivity index (χ0n) is 17.8. The lowest BCUT2D eigenvalue weighted by molar-refractivity contribution is -0.690. The average molecular weight is 525 g/mol. The smallest absolute Gasteiger partial charge is 0.276 e. The van der Waals surface area contributed by atoms with Gasteiger partial charge in [0.1, 0.15) is 17.1 Å². The fraction of sp³-hybridized carbons (Fsp3) is 0.368. The standard InChI is InChI=1S/C19H20N6O6S3/c1-8-11(2-3-26)34-7-24(8)4-9-5-32-17-13(16(28)25(17)14(9)18(29)30)22-15(27)12(23-31)10-6-33-19(20)21-10/h6-7,13,17,26H,2-5H2,1H3,(H4-,20,21,22,27,29,30,31)/t13-,17-/m1/s1. The molecule has 2 aliphatic rings. The van der Waals surface area contributed by atoms with Crippen molar-refractivity contribution < 1.29 is 34.4 Å². The van der Waals surface area contributed by atoms with Gasteiger partial charge in [-0.05, 0) is 0 Å². The predicted octanol–water partition coefficient (Wildman–Crippen LogP) is -1.80. The molecule has 0 aromatic carbocycles. The number of aliphatic carboxylic acids is 1. The zero-order valence-corrected chi connectivity index (χ0v) is 20.2. The highest BCUT2D eigenvalue weighted by atomic mass is 32.2. The van der Waals surface area contributed by atoms with Crippen molar-refractivity contribution in [2.75, 3.05) is 18.1 Å². The number of nitrogens with one attached hydrogen (secondary N) is 1. The first-order valence-corrected chi connectivity index (χ1v) is 12.8. The van der Waals surface area contributed by atoms with E-state index >= 15 is 0 Å². The number of thiazole rings is 2. The summed E-state index contributed by atoms with van der Waals surface area (Å²) in [5, 5.41) is 36.9. The third kappa shape index (κ3) is 4.26. The summed E-state index contributed by atoms with van der Waals surface area (Å²) in [5.74, 6) is -2.61. The topological polar surface area (TPSA) is 185 Å². The van der Waals surface area contributed by atoms with Crippen molar-refractivity contribution in [3.05, 3.63) is 38.4 Å². The van der Waals surface area contributed by atoms with Crippen molar-refractivity contribution in [1.82, 2.24) is 15.2 Å². The largest absolute Gasteiger partial charge is 0.543 e. The van der Waals surface area contributed by atoms with Gasteiger partial charge in [-0.15, -0.1) is 23.1 Å². The quantitative estimate of drug-likeness (QED) is 0.102. The number of aromatic nitrogens is 2. The molecule has 12 nitrogen and oxygen atoms in total. The minimum Gasteiger partial charge on any atom is -0.543 e. The molecule has 0 unspecified atom stereocenters. The van der Waals surface area contributed by atoms with Crippen LogP contribution >= 0.6 is 34.4 Å². The molecule has 4 heterocycles. The third-order valence-electron chi connectivity index (χ3n) is 5.46. The number of β-lactam (4-membered cyclic amide) rings is 1. The molecular weight excluding hydrogens is 504 g/mol. The highest BCUT2D eigenvalue weighted by molar-refractivity contribution is 8.00. The van der Waals surface area contributed by atoms with Crippen molar-refractivity contribution >= 4 is 63.1 Å². The summed E-state index contributed by atoms with van der Waals surface area (Å²) in [7, 11) is 0. The SMILES string of the molecule is Cc1c(CCO)sc[n+]1CC1=C(C(=O)[O-])N2C(=O)[C@@H](NC(=O)/C(=N\O)c3csc(N)n3)[C@H]2SC1. The Bertz CT molecular complexity index is 1220. The second-order valence-corrected chi connectivity index (χ2v) is 10.4. The normalized spacial score (nSPS) is 20.2. The van der Waals surface area contributed by atoms with Gasteiger partial charge in [-0.25, -0.2) is 4.98 Å². The van der Waals surface area contributed by atoms with E-state index < -0.39 is 34.9 Å². The molecule has 0 bridgehead atoms. The number of carbonyl (C=O) groups excluding carboxylic acids is 3. The lowest BCUT2D eigenvalue weighted by Crippen LogP contribution is -2.71. The van der Waals surface area contributed by atoms with Crippen LogP contribution in [-0.2, 0) is 27.3 Å². The van der Waals surface area contributed by atoms with Crippen LogP contribution in [0.2, 0.25) is 0 Å². The van der Waals surface area contributed by atoms with Gasteiger partial charge in [0.15, 0.2) is 23.1 Å². The molecule has 4 rings (SSSR count). The summed E-state index contributed by atoms with van der Waals surface area (Å²) in [6.07, 6.45) is 0.505. The maximum absolute atomic E-state index is 12.9. The van der Waals surface area contributed by atoms with Gasteiger partial charge in [-0.2, -0.15) is 4.57 Å². The van der Waals surface area contributed by atoms with Crippen LogP contribution in [0.25, 0.3) is 0 Å². The van der Waals surface area contributed by atoms with Gasteiger partial charge in [-0.1, -0.05) is 16.5 Å². The number of hydrogen-bond donors (Lipinski definition) is 4. The fourth-order valence-corrected chi connectivity index (χ4v) is 6.63. The Balaban J connectivity index is 1.52. The van der Waals surface area contributed by atoms with Crippen LogP contribution in [0.1, 0.15) is 16.3 Å². The van der Waals surface area contributed by atoms with Gasteiger partial charge in [-0.3, -0.25) is 14.5 Å². The monoisotopic (exact) mass is 524 g/mol.